The number of nitrogens with one attached hydrogen (secondary N) is 1. The SMILES string of the molecule is Nc1c(C(=O)O)ccnc1NCCCOc1ccccc1. The lowest BCUT2D eigenvalue weighted by Crippen LogP contribution is -2.12. The molecular weight excluding hydrogens is 270 g/mol. The van der Waals surface area contributed by atoms with E-state index in [1.54, 1.807) is 0 Å². The standard InChI is InChI=1S/C15H17N3O3/c16-13-12(15(19)20)7-9-18-14(13)17-8-4-10-21-11-5-2-1-3-6-11/h1-3,5-7,9H,4,8,10,16H2,(H,17,18)(H,19,20). The summed E-state index contributed by atoms with van der Waals surface area (Å²) < 4.78 is 5.55. The number of para-hydroxylation sites is 1. The number of nitrogen functional groups attached to an aromatic ring is 1. The summed E-state index contributed by atoms with van der Waals surface area (Å²) in [4.78, 5) is 15.0. The molecule has 0 aliphatic carbocycles. The summed E-state index contributed by atoms with van der Waals surface area (Å²) in [7, 11) is 0. The summed E-state index contributed by atoms with van der Waals surface area (Å²) in [5.74, 6) is 0.142. The number of nitrogens with zero attached hydrogens (tertiary/aromatic N) is 1. The van der Waals surface area contributed by atoms with Gasteiger partial charge in [0.1, 0.15) is 11.6 Å². The molecule has 1 heterocycles. The van der Waals surface area contributed by atoms with Gasteiger partial charge in [-0.05, 0) is 24.6 Å². The van der Waals surface area contributed by atoms with Crippen LogP contribution in [0.2, 0.25) is 0 Å². The van der Waals surface area contributed by atoms with Crippen molar-refractivity contribution in [3.8, 4) is 5.75 Å². The van der Waals surface area contributed by atoms with E-state index in [4.69, 9.17) is 15.6 Å². The summed E-state index contributed by atoms with van der Waals surface area (Å²) in [6.45, 7) is 1.14. The van der Waals surface area contributed by atoms with Crippen molar-refractivity contribution in [3.63, 3.8) is 0 Å². The first-order valence-corrected chi connectivity index (χ1v) is 6.58. The van der Waals surface area contributed by atoms with Crippen molar-refractivity contribution in [2.45, 2.75) is 6.42 Å². The number of aromatic carboxylic acids is 1. The van der Waals surface area contributed by atoms with Crippen molar-refractivity contribution in [1.82, 2.24) is 4.98 Å². The highest BCUT2D eigenvalue weighted by Crippen LogP contribution is 2.19. The number of ether oxygens (including phenoxy) is 1. The molecule has 0 bridgehead atoms. The Morgan fingerprint density at radius 1 is 1.29 bits per heavy atom. The number of rotatable bonds is 7. The van der Waals surface area contributed by atoms with Crippen LogP contribution in [0.3, 0.4) is 0 Å². The number of hydrogen-bond acceptors (Lipinski definition) is 5. The molecule has 1 aromatic heterocycles. The zero-order chi connectivity index (χ0) is 15.1. The molecule has 0 aliphatic rings. The summed E-state index contributed by atoms with van der Waals surface area (Å²) in [5.41, 5.74) is 5.95. The van der Waals surface area contributed by atoms with Crippen molar-refractivity contribution in [3.05, 3.63) is 48.2 Å². The predicted octanol–water partition coefficient (Wildman–Crippen LogP) is 2.24. The first-order chi connectivity index (χ1) is 10.2. The molecule has 4 N–H and O–H groups in total. The van der Waals surface area contributed by atoms with Gasteiger partial charge in [0.2, 0.25) is 0 Å². The second kappa shape index (κ2) is 7.14. The highest BCUT2D eigenvalue weighted by atomic mass is 16.5. The van der Waals surface area contributed by atoms with Crippen LogP contribution in [0.25, 0.3) is 0 Å². The number of aromatic nitrogens is 1. The van der Waals surface area contributed by atoms with Gasteiger partial charge in [0.05, 0.1) is 17.9 Å². The fraction of sp³-hybridized carbons (Fsp3) is 0.200. The van der Waals surface area contributed by atoms with Crippen LogP contribution in [0.1, 0.15) is 16.8 Å². The molecule has 0 unspecified atom stereocenters. The lowest BCUT2D eigenvalue weighted by molar-refractivity contribution is 0.0698. The smallest absolute Gasteiger partial charge is 0.337 e. The van der Waals surface area contributed by atoms with Gasteiger partial charge in [-0.3, -0.25) is 0 Å². The number of pyridine rings is 1. The van der Waals surface area contributed by atoms with Crippen LogP contribution in [0, 0.1) is 0 Å². The van der Waals surface area contributed by atoms with Gasteiger partial charge in [0.25, 0.3) is 0 Å². The molecule has 0 amide bonds. The van der Waals surface area contributed by atoms with Gasteiger partial charge in [-0.2, -0.15) is 0 Å². The summed E-state index contributed by atoms with van der Waals surface area (Å²) >= 11 is 0. The zero-order valence-electron chi connectivity index (χ0n) is 11.5. The molecule has 2 aromatic rings. The summed E-state index contributed by atoms with van der Waals surface area (Å²) in [5, 5.41) is 12.0. The first kappa shape index (κ1) is 14.6. The maximum Gasteiger partial charge on any atom is 0.337 e. The Morgan fingerprint density at radius 2 is 2.05 bits per heavy atom. The average Bonchev–Trinajstić information content (AvgIpc) is 2.49. The van der Waals surface area contributed by atoms with Crippen LogP contribution >= 0.6 is 0 Å². The van der Waals surface area contributed by atoms with Gasteiger partial charge in [-0.25, -0.2) is 9.78 Å². The molecule has 0 saturated carbocycles. The highest BCUT2D eigenvalue weighted by molar-refractivity contribution is 5.96. The van der Waals surface area contributed by atoms with E-state index in [9.17, 15) is 4.79 Å². The van der Waals surface area contributed by atoms with E-state index >= 15 is 0 Å². The molecule has 0 aliphatic heterocycles. The number of carbonyl (C=O) groups is 1. The van der Waals surface area contributed by atoms with E-state index in [1.807, 2.05) is 30.3 Å². The van der Waals surface area contributed by atoms with Crippen LogP contribution in [-0.2, 0) is 0 Å². The zero-order valence-corrected chi connectivity index (χ0v) is 11.5. The van der Waals surface area contributed by atoms with Gasteiger partial charge in [-0.1, -0.05) is 18.2 Å². The molecule has 6 nitrogen and oxygen atoms in total. The monoisotopic (exact) mass is 287 g/mol. The minimum absolute atomic E-state index is 0.0491. The van der Waals surface area contributed by atoms with E-state index in [0.29, 0.717) is 19.0 Å². The van der Waals surface area contributed by atoms with Crippen molar-refractivity contribution < 1.29 is 14.6 Å². The quantitative estimate of drug-likeness (QED) is 0.676. The summed E-state index contributed by atoms with van der Waals surface area (Å²) in [6, 6.07) is 10.9. The maximum absolute atomic E-state index is 11.0. The number of carboxylic acids is 1. The van der Waals surface area contributed by atoms with Crippen LogP contribution < -0.4 is 15.8 Å². The average molecular weight is 287 g/mol. The van der Waals surface area contributed by atoms with E-state index in [-0.39, 0.29) is 11.3 Å². The van der Waals surface area contributed by atoms with Crippen molar-refractivity contribution in [1.29, 1.82) is 0 Å². The van der Waals surface area contributed by atoms with Crippen molar-refractivity contribution in [2.24, 2.45) is 0 Å². The second-order valence-corrected chi connectivity index (χ2v) is 4.37. The largest absolute Gasteiger partial charge is 0.494 e. The normalized spacial score (nSPS) is 10.1. The first-order valence-electron chi connectivity index (χ1n) is 6.58. The Balaban J connectivity index is 1.79. The van der Waals surface area contributed by atoms with Crippen LogP contribution in [0.4, 0.5) is 11.5 Å². The van der Waals surface area contributed by atoms with Gasteiger partial charge in [-0.15, -0.1) is 0 Å². The Morgan fingerprint density at radius 3 is 2.76 bits per heavy atom. The molecule has 0 radical (unpaired) electrons. The van der Waals surface area contributed by atoms with Crippen LogP contribution in [0.5, 0.6) is 5.75 Å². The van der Waals surface area contributed by atoms with E-state index in [1.165, 1.54) is 12.3 Å². The molecule has 0 saturated heterocycles. The third kappa shape index (κ3) is 4.10. The molecular formula is C15H17N3O3. The minimum atomic E-state index is -1.06. The number of benzene rings is 1. The van der Waals surface area contributed by atoms with Crippen molar-refractivity contribution in [2.75, 3.05) is 24.2 Å². The van der Waals surface area contributed by atoms with Gasteiger partial charge in [0.15, 0.2) is 0 Å². The fourth-order valence-corrected chi connectivity index (χ4v) is 1.79. The lowest BCUT2D eigenvalue weighted by Gasteiger charge is -2.10. The third-order valence-electron chi connectivity index (χ3n) is 2.85. The maximum atomic E-state index is 11.0. The van der Waals surface area contributed by atoms with Crippen LogP contribution in [-0.4, -0.2) is 29.2 Å². The Labute approximate surface area is 122 Å². The van der Waals surface area contributed by atoms with E-state index in [2.05, 4.69) is 10.3 Å². The second-order valence-electron chi connectivity index (χ2n) is 4.37. The molecule has 1 aromatic carbocycles. The number of hydrogen-bond donors (Lipinski definition) is 3. The summed E-state index contributed by atoms with van der Waals surface area (Å²) in [6.07, 6.45) is 2.16. The Kier molecular flexibility index (Phi) is 4.98. The fourth-order valence-electron chi connectivity index (χ4n) is 1.79. The molecule has 2 rings (SSSR count). The Hall–Kier alpha value is -2.76. The number of carboxylic acid groups (broad SMARTS) is 1. The van der Waals surface area contributed by atoms with Gasteiger partial charge in [0, 0.05) is 12.7 Å². The lowest BCUT2D eigenvalue weighted by atomic mass is 10.2. The Bertz CT molecular complexity index is 602. The topological polar surface area (TPSA) is 97.5 Å². The minimum Gasteiger partial charge on any atom is -0.494 e. The third-order valence-corrected chi connectivity index (χ3v) is 2.85. The van der Waals surface area contributed by atoms with Gasteiger partial charge >= 0.3 is 5.97 Å². The molecule has 0 fully saturated rings. The number of nitrogens with two attached hydrogens (primary N) is 1. The van der Waals surface area contributed by atoms with E-state index in [0.717, 1.165) is 12.2 Å². The van der Waals surface area contributed by atoms with Gasteiger partial charge < -0.3 is 20.9 Å². The van der Waals surface area contributed by atoms with Crippen LogP contribution in [0.15, 0.2) is 42.6 Å². The van der Waals surface area contributed by atoms with E-state index < -0.39 is 5.97 Å². The predicted molar refractivity (Wildman–Crippen MR) is 80.7 cm³/mol. The molecule has 6 heteroatoms. The highest BCUT2D eigenvalue weighted by Gasteiger charge is 2.11. The molecule has 21 heavy (non-hydrogen) atoms. The number of anilines is 2. The molecule has 110 valence electrons. The molecule has 0 atom stereocenters. The molecule has 0 spiro atoms. The van der Waals surface area contributed by atoms with Crippen molar-refractivity contribution >= 4 is 17.5 Å².